The molecule has 0 aliphatic rings. The van der Waals surface area contributed by atoms with Gasteiger partial charge in [0.1, 0.15) is 6.23 Å². The van der Waals surface area contributed by atoms with Crippen molar-refractivity contribution in [3.8, 4) is 0 Å². The maximum atomic E-state index is 5.58. The zero-order valence-electron chi connectivity index (χ0n) is 9.21. The fourth-order valence-electron chi connectivity index (χ4n) is 1.16. The van der Waals surface area contributed by atoms with E-state index in [9.17, 15) is 0 Å². The van der Waals surface area contributed by atoms with Crippen LogP contribution < -0.4 is 11.5 Å². The Labute approximate surface area is 86.9 Å². The molecule has 4 N–H and O–H groups in total. The zero-order valence-corrected chi connectivity index (χ0v) is 9.21. The van der Waals surface area contributed by atoms with Crippen molar-refractivity contribution in [2.45, 2.75) is 38.8 Å². The van der Waals surface area contributed by atoms with Gasteiger partial charge in [-0.15, -0.1) is 0 Å². The van der Waals surface area contributed by atoms with E-state index >= 15 is 0 Å². The summed E-state index contributed by atoms with van der Waals surface area (Å²) in [5.41, 5.74) is 11.0. The van der Waals surface area contributed by atoms with Crippen molar-refractivity contribution in [1.29, 1.82) is 0 Å². The Morgan fingerprint density at radius 2 is 1.86 bits per heavy atom. The minimum atomic E-state index is -0.274. The Morgan fingerprint density at radius 1 is 1.14 bits per heavy atom. The van der Waals surface area contributed by atoms with Crippen LogP contribution in [0.1, 0.15) is 32.6 Å². The van der Waals surface area contributed by atoms with Crippen LogP contribution in [0, 0.1) is 0 Å². The van der Waals surface area contributed by atoms with E-state index in [4.69, 9.17) is 20.9 Å². The Kier molecular flexibility index (Phi) is 10.8. The number of rotatable bonds is 10. The van der Waals surface area contributed by atoms with Gasteiger partial charge in [-0.2, -0.15) is 0 Å². The molecular formula is C10H24N2O2. The molecule has 4 nitrogen and oxygen atoms in total. The lowest BCUT2D eigenvalue weighted by Gasteiger charge is -2.11. The molecular weight excluding hydrogens is 180 g/mol. The van der Waals surface area contributed by atoms with E-state index in [0.29, 0.717) is 13.2 Å². The monoisotopic (exact) mass is 204 g/mol. The summed E-state index contributed by atoms with van der Waals surface area (Å²) in [4.78, 5) is 0. The minimum absolute atomic E-state index is 0.274. The fraction of sp³-hybridized carbons (Fsp3) is 1.00. The molecule has 0 bridgehead atoms. The second-order valence-electron chi connectivity index (χ2n) is 3.27. The van der Waals surface area contributed by atoms with E-state index < -0.39 is 0 Å². The summed E-state index contributed by atoms with van der Waals surface area (Å²) in [6.45, 7) is 4.61. The van der Waals surface area contributed by atoms with Crippen LogP contribution in [0.25, 0.3) is 0 Å². The quantitative estimate of drug-likeness (QED) is 0.409. The SMILES string of the molecule is CCOC(N)COCCCCCCN. The highest BCUT2D eigenvalue weighted by atomic mass is 16.5. The summed E-state index contributed by atoms with van der Waals surface area (Å²) in [7, 11) is 0. The largest absolute Gasteiger partial charge is 0.377 e. The number of hydrogen-bond acceptors (Lipinski definition) is 4. The van der Waals surface area contributed by atoms with E-state index in [2.05, 4.69) is 0 Å². The van der Waals surface area contributed by atoms with Gasteiger partial charge in [0.15, 0.2) is 0 Å². The first-order valence-electron chi connectivity index (χ1n) is 5.46. The number of unbranched alkanes of at least 4 members (excludes halogenated alkanes) is 3. The van der Waals surface area contributed by atoms with Crippen molar-refractivity contribution in [2.75, 3.05) is 26.4 Å². The van der Waals surface area contributed by atoms with Crippen molar-refractivity contribution in [2.24, 2.45) is 11.5 Å². The van der Waals surface area contributed by atoms with Crippen LogP contribution in [-0.2, 0) is 9.47 Å². The van der Waals surface area contributed by atoms with Crippen LogP contribution in [0.4, 0.5) is 0 Å². The van der Waals surface area contributed by atoms with Crippen LogP contribution in [0.15, 0.2) is 0 Å². The molecule has 0 aromatic carbocycles. The number of nitrogens with two attached hydrogens (primary N) is 2. The van der Waals surface area contributed by atoms with Gasteiger partial charge < -0.3 is 20.9 Å². The molecule has 0 aromatic rings. The number of hydrogen-bond donors (Lipinski definition) is 2. The van der Waals surface area contributed by atoms with Crippen molar-refractivity contribution in [3.63, 3.8) is 0 Å². The Hall–Kier alpha value is -0.160. The smallest absolute Gasteiger partial charge is 0.129 e. The number of ether oxygens (including phenoxy) is 2. The molecule has 86 valence electrons. The first-order valence-corrected chi connectivity index (χ1v) is 5.46. The summed E-state index contributed by atoms with van der Waals surface area (Å²) >= 11 is 0. The molecule has 0 rings (SSSR count). The fourth-order valence-corrected chi connectivity index (χ4v) is 1.16. The third kappa shape index (κ3) is 9.92. The predicted molar refractivity (Wildman–Crippen MR) is 57.9 cm³/mol. The van der Waals surface area contributed by atoms with Crippen LogP contribution in [0.3, 0.4) is 0 Å². The normalized spacial score (nSPS) is 13.1. The standard InChI is InChI=1S/C10H24N2O2/c1-2-14-10(12)9-13-8-6-4-3-5-7-11/h10H,2-9,11-12H2,1H3. The molecule has 0 saturated heterocycles. The lowest BCUT2D eigenvalue weighted by Crippen LogP contribution is -2.29. The van der Waals surface area contributed by atoms with Crippen LogP contribution in [0.2, 0.25) is 0 Å². The minimum Gasteiger partial charge on any atom is -0.377 e. The first-order chi connectivity index (χ1) is 6.81. The molecule has 0 spiro atoms. The third-order valence-corrected chi connectivity index (χ3v) is 1.91. The summed E-state index contributed by atoms with van der Waals surface area (Å²) in [6.07, 6.45) is 4.29. The van der Waals surface area contributed by atoms with Gasteiger partial charge in [0.05, 0.1) is 6.61 Å². The molecule has 1 unspecified atom stereocenters. The topological polar surface area (TPSA) is 70.5 Å². The third-order valence-electron chi connectivity index (χ3n) is 1.91. The lowest BCUT2D eigenvalue weighted by atomic mass is 10.2. The van der Waals surface area contributed by atoms with Gasteiger partial charge in [-0.25, -0.2) is 0 Å². The zero-order chi connectivity index (χ0) is 10.6. The second-order valence-corrected chi connectivity index (χ2v) is 3.27. The molecule has 14 heavy (non-hydrogen) atoms. The molecule has 0 aliphatic carbocycles. The molecule has 0 fully saturated rings. The first kappa shape index (κ1) is 13.8. The van der Waals surface area contributed by atoms with Gasteiger partial charge in [-0.3, -0.25) is 0 Å². The Morgan fingerprint density at radius 3 is 2.50 bits per heavy atom. The highest BCUT2D eigenvalue weighted by Gasteiger charge is 1.99. The average Bonchev–Trinajstić information content (AvgIpc) is 2.17. The lowest BCUT2D eigenvalue weighted by molar-refractivity contribution is -0.00877. The van der Waals surface area contributed by atoms with Crippen LogP contribution in [0.5, 0.6) is 0 Å². The summed E-state index contributed by atoms with van der Waals surface area (Å²) < 4.78 is 10.5. The van der Waals surface area contributed by atoms with E-state index in [1.807, 2.05) is 6.92 Å². The Balaban J connectivity index is 2.98. The van der Waals surface area contributed by atoms with Gasteiger partial charge in [0, 0.05) is 13.2 Å². The van der Waals surface area contributed by atoms with Crippen molar-refractivity contribution >= 4 is 0 Å². The molecule has 0 saturated carbocycles. The highest BCUT2D eigenvalue weighted by molar-refractivity contribution is 4.46. The molecule has 0 radical (unpaired) electrons. The van der Waals surface area contributed by atoms with Gasteiger partial charge in [0.25, 0.3) is 0 Å². The van der Waals surface area contributed by atoms with E-state index in [1.165, 1.54) is 12.8 Å². The summed E-state index contributed by atoms with van der Waals surface area (Å²) in [6, 6.07) is 0. The van der Waals surface area contributed by atoms with Crippen molar-refractivity contribution < 1.29 is 9.47 Å². The van der Waals surface area contributed by atoms with Crippen molar-refractivity contribution in [1.82, 2.24) is 0 Å². The van der Waals surface area contributed by atoms with E-state index in [1.54, 1.807) is 0 Å². The predicted octanol–water partition coefficient (Wildman–Crippen LogP) is 0.843. The van der Waals surface area contributed by atoms with E-state index in [-0.39, 0.29) is 6.23 Å². The van der Waals surface area contributed by atoms with Gasteiger partial charge in [0.2, 0.25) is 0 Å². The maximum absolute atomic E-state index is 5.58. The average molecular weight is 204 g/mol. The molecule has 0 aliphatic heterocycles. The maximum Gasteiger partial charge on any atom is 0.129 e. The van der Waals surface area contributed by atoms with Gasteiger partial charge >= 0.3 is 0 Å². The molecule has 1 atom stereocenters. The van der Waals surface area contributed by atoms with E-state index in [0.717, 1.165) is 26.0 Å². The van der Waals surface area contributed by atoms with Crippen molar-refractivity contribution in [3.05, 3.63) is 0 Å². The summed E-state index contributed by atoms with van der Waals surface area (Å²) in [5.74, 6) is 0. The second kappa shape index (κ2) is 10.9. The molecule has 0 aromatic heterocycles. The van der Waals surface area contributed by atoms with Gasteiger partial charge in [-0.05, 0) is 26.3 Å². The Bertz CT molecular complexity index is 112. The molecule has 0 amide bonds. The van der Waals surface area contributed by atoms with Crippen LogP contribution >= 0.6 is 0 Å². The highest BCUT2D eigenvalue weighted by Crippen LogP contribution is 1.98. The summed E-state index contributed by atoms with van der Waals surface area (Å²) in [5, 5.41) is 0. The van der Waals surface area contributed by atoms with Crippen LogP contribution in [-0.4, -0.2) is 32.6 Å². The van der Waals surface area contributed by atoms with Gasteiger partial charge in [-0.1, -0.05) is 12.8 Å². The molecule has 0 heterocycles. The molecule has 4 heteroatoms.